The molecule has 6 nitrogen and oxygen atoms in total. The molecule has 0 atom stereocenters. The van der Waals surface area contributed by atoms with Crippen LogP contribution in [0.25, 0.3) is 0 Å². The van der Waals surface area contributed by atoms with Crippen LogP contribution in [0.4, 0.5) is 11.4 Å². The van der Waals surface area contributed by atoms with E-state index in [-0.39, 0.29) is 5.91 Å². The van der Waals surface area contributed by atoms with Crippen LogP contribution in [0.15, 0.2) is 36.5 Å². The topological polar surface area (TPSA) is 89.3 Å². The van der Waals surface area contributed by atoms with E-state index in [1.165, 1.54) is 6.20 Å². The van der Waals surface area contributed by atoms with Crippen LogP contribution in [-0.4, -0.2) is 18.0 Å². The van der Waals surface area contributed by atoms with Crippen molar-refractivity contribution in [2.75, 3.05) is 17.9 Å². The summed E-state index contributed by atoms with van der Waals surface area (Å²) in [5.41, 5.74) is 5.81. The van der Waals surface area contributed by atoms with Crippen LogP contribution < -0.4 is 16.6 Å². The highest BCUT2D eigenvalue weighted by molar-refractivity contribution is 6.08. The summed E-state index contributed by atoms with van der Waals surface area (Å²) in [5, 5.41) is 2.85. The number of hydrazine groups is 1. The summed E-state index contributed by atoms with van der Waals surface area (Å²) in [7, 11) is 1.61. The van der Waals surface area contributed by atoms with Gasteiger partial charge in [0.05, 0.1) is 17.9 Å². The van der Waals surface area contributed by atoms with Crippen molar-refractivity contribution in [1.29, 1.82) is 0 Å². The summed E-state index contributed by atoms with van der Waals surface area (Å²) in [6.07, 6.45) is 1.50. The number of carbonyl (C=O) groups is 1. The number of ether oxygens (including phenoxy) is 1. The van der Waals surface area contributed by atoms with Crippen LogP contribution in [0.1, 0.15) is 21.6 Å². The molecular weight excluding hydrogens is 268 g/mol. The zero-order chi connectivity index (χ0) is 15.2. The average molecular weight is 286 g/mol. The number of nitrogens with one attached hydrogen (secondary N) is 2. The van der Waals surface area contributed by atoms with Crippen molar-refractivity contribution in [1.82, 2.24) is 4.98 Å². The molecule has 1 heterocycles. The Bertz CT molecular complexity index is 643. The van der Waals surface area contributed by atoms with E-state index in [4.69, 9.17) is 10.6 Å². The molecule has 2 aromatic rings. The number of benzene rings is 1. The Morgan fingerprint density at radius 2 is 2.10 bits per heavy atom. The summed E-state index contributed by atoms with van der Waals surface area (Å²) >= 11 is 0. The number of aryl methyl sites for hydroxylation is 1. The van der Waals surface area contributed by atoms with Crippen LogP contribution >= 0.6 is 0 Å². The fourth-order valence-corrected chi connectivity index (χ4v) is 1.97. The Morgan fingerprint density at radius 1 is 1.33 bits per heavy atom. The molecule has 0 radical (unpaired) electrons. The molecule has 0 aliphatic heterocycles. The third-order valence-corrected chi connectivity index (χ3v) is 3.01. The number of carbonyl (C=O) groups excluding carboxylic acids is 1. The smallest absolute Gasteiger partial charge is 0.259 e. The number of rotatable bonds is 5. The maximum atomic E-state index is 12.4. The lowest BCUT2D eigenvalue weighted by Gasteiger charge is -2.12. The van der Waals surface area contributed by atoms with E-state index >= 15 is 0 Å². The van der Waals surface area contributed by atoms with Crippen LogP contribution in [0.2, 0.25) is 0 Å². The lowest BCUT2D eigenvalue weighted by molar-refractivity contribution is 0.102. The van der Waals surface area contributed by atoms with Gasteiger partial charge in [-0.15, -0.1) is 0 Å². The first-order valence-electron chi connectivity index (χ1n) is 6.47. The molecule has 2 rings (SSSR count). The predicted molar refractivity (Wildman–Crippen MR) is 81.9 cm³/mol. The highest BCUT2D eigenvalue weighted by Gasteiger charge is 2.13. The standard InChI is InChI=1S/C15H18N4O2/c1-10-7-14(19-16)12(8-17-10)15(20)18-13-6-4-3-5-11(13)9-21-2/h3-8H,9,16H2,1-2H3,(H,17,19)(H,18,20). The predicted octanol–water partition coefficient (Wildman–Crippen LogP) is 2.07. The Labute approximate surface area is 123 Å². The highest BCUT2D eigenvalue weighted by atomic mass is 16.5. The van der Waals surface area contributed by atoms with Gasteiger partial charge in [0.1, 0.15) is 0 Å². The number of methoxy groups -OCH3 is 1. The number of para-hydroxylation sites is 1. The Balaban J connectivity index is 2.26. The van der Waals surface area contributed by atoms with Crippen molar-refractivity contribution in [3.8, 4) is 0 Å². The number of amides is 1. The van der Waals surface area contributed by atoms with Gasteiger partial charge in [-0.3, -0.25) is 15.6 Å². The molecule has 110 valence electrons. The maximum absolute atomic E-state index is 12.4. The Hall–Kier alpha value is -2.44. The molecule has 0 saturated heterocycles. The van der Waals surface area contributed by atoms with Crippen molar-refractivity contribution < 1.29 is 9.53 Å². The number of nitrogen functional groups attached to an aromatic ring is 1. The third kappa shape index (κ3) is 3.56. The second kappa shape index (κ2) is 6.83. The lowest BCUT2D eigenvalue weighted by Crippen LogP contribution is -2.18. The highest BCUT2D eigenvalue weighted by Crippen LogP contribution is 2.20. The molecule has 0 aliphatic rings. The van der Waals surface area contributed by atoms with Gasteiger partial charge in [0.15, 0.2) is 0 Å². The van der Waals surface area contributed by atoms with Crippen molar-refractivity contribution in [2.24, 2.45) is 5.84 Å². The van der Waals surface area contributed by atoms with Crippen molar-refractivity contribution in [2.45, 2.75) is 13.5 Å². The molecule has 0 saturated carbocycles. The molecular formula is C15H18N4O2. The second-order valence-electron chi connectivity index (χ2n) is 4.56. The number of aromatic nitrogens is 1. The summed E-state index contributed by atoms with van der Waals surface area (Å²) in [6.45, 7) is 2.25. The fourth-order valence-electron chi connectivity index (χ4n) is 1.97. The molecule has 1 aromatic carbocycles. The number of anilines is 2. The van der Waals surface area contributed by atoms with Crippen molar-refractivity contribution in [3.05, 3.63) is 53.3 Å². The molecule has 0 bridgehead atoms. The van der Waals surface area contributed by atoms with Crippen molar-refractivity contribution in [3.63, 3.8) is 0 Å². The first-order valence-corrected chi connectivity index (χ1v) is 6.47. The molecule has 1 amide bonds. The zero-order valence-electron chi connectivity index (χ0n) is 12.0. The molecule has 0 aliphatic carbocycles. The summed E-state index contributed by atoms with van der Waals surface area (Å²) in [6, 6.07) is 9.18. The number of pyridine rings is 1. The normalized spacial score (nSPS) is 10.2. The molecule has 21 heavy (non-hydrogen) atoms. The molecule has 4 N–H and O–H groups in total. The van der Waals surface area contributed by atoms with Gasteiger partial charge in [0, 0.05) is 30.3 Å². The van der Waals surface area contributed by atoms with E-state index in [1.807, 2.05) is 31.2 Å². The van der Waals surface area contributed by atoms with Gasteiger partial charge in [0.2, 0.25) is 0 Å². The number of hydrogen-bond donors (Lipinski definition) is 3. The van der Waals surface area contributed by atoms with Gasteiger partial charge in [-0.05, 0) is 19.1 Å². The summed E-state index contributed by atoms with van der Waals surface area (Å²) < 4.78 is 5.12. The Kier molecular flexibility index (Phi) is 4.86. The number of nitrogens with zero attached hydrogens (tertiary/aromatic N) is 1. The lowest BCUT2D eigenvalue weighted by atomic mass is 10.1. The quantitative estimate of drug-likeness (QED) is 0.578. The van der Waals surface area contributed by atoms with E-state index < -0.39 is 0 Å². The van der Waals surface area contributed by atoms with Gasteiger partial charge in [-0.1, -0.05) is 18.2 Å². The van der Waals surface area contributed by atoms with Crippen LogP contribution in [0, 0.1) is 6.92 Å². The molecule has 6 heteroatoms. The van der Waals surface area contributed by atoms with Crippen LogP contribution in [0.3, 0.4) is 0 Å². The summed E-state index contributed by atoms with van der Waals surface area (Å²) in [4.78, 5) is 16.5. The molecule has 0 spiro atoms. The van der Waals surface area contributed by atoms with Gasteiger partial charge in [0.25, 0.3) is 5.91 Å². The van der Waals surface area contributed by atoms with E-state index in [9.17, 15) is 4.79 Å². The van der Waals surface area contributed by atoms with E-state index in [0.717, 1.165) is 11.3 Å². The monoisotopic (exact) mass is 286 g/mol. The first kappa shape index (κ1) is 15.0. The average Bonchev–Trinajstić information content (AvgIpc) is 2.49. The van der Waals surface area contributed by atoms with Crippen molar-refractivity contribution >= 4 is 17.3 Å². The largest absolute Gasteiger partial charge is 0.380 e. The third-order valence-electron chi connectivity index (χ3n) is 3.01. The van der Waals surface area contributed by atoms with E-state index in [1.54, 1.807) is 13.2 Å². The Morgan fingerprint density at radius 3 is 2.81 bits per heavy atom. The molecule has 0 fully saturated rings. The maximum Gasteiger partial charge on any atom is 0.259 e. The minimum atomic E-state index is -0.279. The van der Waals surface area contributed by atoms with Crippen LogP contribution in [-0.2, 0) is 11.3 Å². The zero-order valence-corrected chi connectivity index (χ0v) is 12.0. The minimum Gasteiger partial charge on any atom is -0.380 e. The van der Waals surface area contributed by atoms with Gasteiger partial charge in [-0.2, -0.15) is 0 Å². The number of nitrogens with two attached hydrogens (primary N) is 1. The van der Waals surface area contributed by atoms with Gasteiger partial charge >= 0.3 is 0 Å². The van der Waals surface area contributed by atoms with Gasteiger partial charge < -0.3 is 15.5 Å². The van der Waals surface area contributed by atoms with Gasteiger partial charge in [-0.25, -0.2) is 0 Å². The fraction of sp³-hybridized carbons (Fsp3) is 0.200. The SMILES string of the molecule is COCc1ccccc1NC(=O)c1cnc(C)cc1NN. The minimum absolute atomic E-state index is 0.279. The first-order chi connectivity index (χ1) is 10.2. The molecule has 0 unspecified atom stereocenters. The second-order valence-corrected chi connectivity index (χ2v) is 4.56. The van der Waals surface area contributed by atoms with E-state index in [0.29, 0.717) is 23.5 Å². The molecule has 1 aromatic heterocycles. The number of hydrogen-bond acceptors (Lipinski definition) is 5. The van der Waals surface area contributed by atoms with E-state index in [2.05, 4.69) is 15.7 Å². The van der Waals surface area contributed by atoms with Crippen LogP contribution in [0.5, 0.6) is 0 Å². The summed E-state index contributed by atoms with van der Waals surface area (Å²) in [5.74, 6) is 5.17.